The SMILES string of the molecule is Cc1cc(Nc2cc(N3CCC3)nc(Sc3ccc(NC(=O)c4ccc(Cl)cc4)cc3)n2)n[nH]1.Cc1cc(Nc2cc(N3CCC3)nc(Sc3ccc(NC(=O)c4cccc(C(F)(F)F)c4F)cc3)n2)n[nH]1.Cc1cc(Nc2cc(N3CCC3)nc(Sc3ccc(NC(=O)c4cccc(Cl)c4)cc3)n2)n[nH]1.[HH].[HH].[HH].[HH].[HH].[HH].[HH].[HH].[HH]. The first-order chi connectivity index (χ1) is 51.2. The number of hydrogen-bond donors (Lipinski definition) is 9. The summed E-state index contributed by atoms with van der Waals surface area (Å²) in [6.45, 7) is 11.6. The minimum Gasteiger partial charge on any atom is -0.356 e. The Morgan fingerprint density at radius 2 is 0.792 bits per heavy atom. The smallest absolute Gasteiger partial charge is 0.356 e. The molecule has 24 nitrogen and oxygen atoms in total. The van der Waals surface area contributed by atoms with Crippen molar-refractivity contribution in [2.45, 2.75) is 76.4 Å². The number of H-pyrrole nitrogens is 3. The second kappa shape index (κ2) is 33.2. The average Bonchev–Trinajstić information content (AvgIpc) is 1.44. The Labute approximate surface area is 640 Å². The lowest BCUT2D eigenvalue weighted by Gasteiger charge is -2.32. The topological polar surface area (TPSA) is 296 Å². The van der Waals surface area contributed by atoms with Crippen LogP contribution in [0.2, 0.25) is 10.0 Å². The van der Waals surface area contributed by atoms with Crippen LogP contribution in [0.5, 0.6) is 0 Å². The molecule has 6 aromatic carbocycles. The monoisotopic (exact) mass is 1540 g/mol. The highest BCUT2D eigenvalue weighted by Crippen LogP contribution is 2.37. The van der Waals surface area contributed by atoms with Gasteiger partial charge >= 0.3 is 6.18 Å². The van der Waals surface area contributed by atoms with Crippen LogP contribution in [-0.4, -0.2) is 117 Å². The van der Waals surface area contributed by atoms with Gasteiger partial charge in [0.1, 0.15) is 40.7 Å². The van der Waals surface area contributed by atoms with E-state index in [0.717, 1.165) is 120 Å². The molecule has 3 aliphatic rings. The van der Waals surface area contributed by atoms with Crippen LogP contribution < -0.4 is 46.6 Å². The molecule has 0 saturated carbocycles. The summed E-state index contributed by atoms with van der Waals surface area (Å²) in [5.74, 6) is 3.60. The quantitative estimate of drug-likeness (QED) is 0.0239. The second-order valence-corrected chi connectivity index (χ2v) is 28.3. The third-order valence-corrected chi connectivity index (χ3v) is 19.3. The summed E-state index contributed by atoms with van der Waals surface area (Å²) in [5.41, 5.74) is 3.41. The summed E-state index contributed by atoms with van der Waals surface area (Å²) in [4.78, 5) is 74.7. The van der Waals surface area contributed by atoms with Crippen LogP contribution >= 0.6 is 58.5 Å². The zero-order chi connectivity index (χ0) is 73.8. The number of aryl methyl sites for hydroxylation is 3. The van der Waals surface area contributed by atoms with Crippen molar-refractivity contribution in [2.75, 3.05) is 85.9 Å². The number of anilines is 12. The Kier molecular flexibility index (Phi) is 22.9. The van der Waals surface area contributed by atoms with Gasteiger partial charge in [-0.2, -0.15) is 28.5 Å². The molecule has 0 aliphatic carbocycles. The Hall–Kier alpha value is -11.3. The molecular weight excluding hydrogens is 1460 g/mol. The van der Waals surface area contributed by atoms with E-state index in [2.05, 4.69) is 97.1 Å². The molecule has 9 N–H and O–H groups in total. The number of amides is 3. The van der Waals surface area contributed by atoms with Crippen molar-refractivity contribution in [3.63, 3.8) is 0 Å². The van der Waals surface area contributed by atoms with Crippen molar-refractivity contribution >= 4 is 146 Å². The maximum atomic E-state index is 14.3. The number of carbonyl (C=O) groups is 3. The van der Waals surface area contributed by atoms with E-state index in [0.29, 0.717) is 94.7 Å². The summed E-state index contributed by atoms with van der Waals surface area (Å²) in [6, 6.07) is 49.4. The lowest BCUT2D eigenvalue weighted by Crippen LogP contribution is -2.37. The molecule has 3 aliphatic heterocycles. The third-order valence-electron chi connectivity index (χ3n) is 16.2. The number of hydrogen-bond acceptors (Lipinski definition) is 21. The minimum atomic E-state index is -4.90. The molecule has 3 amide bonds. The van der Waals surface area contributed by atoms with Gasteiger partial charge in [0.25, 0.3) is 17.7 Å². The molecule has 6 aromatic heterocycles. The van der Waals surface area contributed by atoms with E-state index in [4.69, 9.17) is 33.2 Å². The number of nitrogens with one attached hydrogen (secondary N) is 9. The number of rotatable bonds is 21. The van der Waals surface area contributed by atoms with Crippen molar-refractivity contribution in [3.8, 4) is 0 Å². The predicted octanol–water partition coefficient (Wildman–Crippen LogP) is 19.3. The van der Waals surface area contributed by atoms with Crippen LogP contribution in [0.3, 0.4) is 0 Å². The first kappa shape index (κ1) is 73.1. The average molecular weight is 1550 g/mol. The fourth-order valence-corrected chi connectivity index (χ4v) is 13.0. The van der Waals surface area contributed by atoms with Crippen LogP contribution in [0.1, 0.15) is 85.8 Å². The molecule has 12 aromatic rings. The highest BCUT2D eigenvalue weighted by Gasteiger charge is 2.36. The zero-order valence-corrected chi connectivity index (χ0v) is 60.7. The number of benzene rings is 6. The van der Waals surface area contributed by atoms with Crippen LogP contribution in [-0.2, 0) is 6.18 Å². The van der Waals surface area contributed by atoms with Gasteiger partial charge in [0.2, 0.25) is 0 Å². The Morgan fingerprint density at radius 3 is 1.13 bits per heavy atom. The fraction of sp³-hybridized carbons (Fsp3) is 0.178. The van der Waals surface area contributed by atoms with Crippen molar-refractivity contribution in [3.05, 3.63) is 231 Å². The summed E-state index contributed by atoms with van der Waals surface area (Å²) < 4.78 is 53.2. The zero-order valence-electron chi connectivity index (χ0n) is 56.7. The molecule has 3 fully saturated rings. The van der Waals surface area contributed by atoms with Crippen molar-refractivity contribution in [1.29, 1.82) is 0 Å². The molecule has 9 heterocycles. The predicted molar refractivity (Wildman–Crippen MR) is 425 cm³/mol. The molecule has 106 heavy (non-hydrogen) atoms. The standard InChI is InChI=1S/C25H21F4N7OS.2C24H22ClN7OS.9H2/c1-14-12-20(35-34-14)31-19-13-21(36-10-3-11-36)33-24(32-19)38-16-8-6-15(7-9-16)30-23(37)17-4-2-5-18(22(17)26)25(27,28)29;1-15-13-21(31-30-15)27-20-14-22(32-11-2-12-32)29-24(28-20)34-19-9-7-18(8-10-19)26-23(33)16-3-5-17(25)6-4-16;1-15-12-21(31-30-15)27-20-14-22(32-10-3-11-32)29-24(28-20)34-19-8-6-18(7-9-19)26-23(33)16-4-2-5-17(25)13-16;;;;;;;;;/h2,4-9,12-13H,3,10-11H2,1H3,(H,30,37)(H2,31,32,33,34,35);3-10,13-14H,2,11-12H2,1H3,(H,26,33)(H2,27,28,29,30,31);2,4-9,12-14H,3,10-11H2,1H3,(H,26,33)(H2,27,28,29,30,31);9*1H. The molecule has 0 bridgehead atoms. The van der Waals surface area contributed by atoms with Crippen molar-refractivity contribution in [2.24, 2.45) is 0 Å². The normalized spacial score (nSPS) is 13.0. The minimum absolute atomic E-state index is 0. The largest absolute Gasteiger partial charge is 0.419 e. The van der Waals surface area contributed by atoms with Crippen molar-refractivity contribution in [1.82, 2.24) is 60.5 Å². The Bertz CT molecular complexity index is 5150. The third kappa shape index (κ3) is 19.6. The Morgan fingerprint density at radius 1 is 0.425 bits per heavy atom. The van der Waals surface area contributed by atoms with Gasteiger partial charge in [0.05, 0.1) is 11.1 Å². The molecule has 558 valence electrons. The molecule has 33 heteroatoms. The number of aromatic amines is 3. The molecule has 0 spiro atoms. The summed E-state index contributed by atoms with van der Waals surface area (Å²) in [6.07, 6.45) is -1.49. The first-order valence-corrected chi connectivity index (χ1v) is 36.3. The molecule has 0 radical (unpaired) electrons. The second-order valence-electron chi connectivity index (χ2n) is 24.3. The molecular formula is C73H83Cl2F4N21O3S3. The molecule has 15 rings (SSSR count). The van der Waals surface area contributed by atoms with Gasteiger partial charge in [-0.1, -0.05) is 35.3 Å². The van der Waals surface area contributed by atoms with Crippen LogP contribution in [0.15, 0.2) is 206 Å². The number of halogens is 6. The lowest BCUT2D eigenvalue weighted by atomic mass is 10.1. The first-order valence-electron chi connectivity index (χ1n) is 33.1. The van der Waals surface area contributed by atoms with E-state index >= 15 is 0 Å². The van der Waals surface area contributed by atoms with Gasteiger partial charge in [-0.15, -0.1) is 0 Å². The lowest BCUT2D eigenvalue weighted by molar-refractivity contribution is -0.140. The van der Waals surface area contributed by atoms with E-state index in [1.54, 1.807) is 72.8 Å². The summed E-state index contributed by atoms with van der Waals surface area (Å²) >= 11 is 16.1. The van der Waals surface area contributed by atoms with Crippen LogP contribution in [0.25, 0.3) is 0 Å². The maximum absolute atomic E-state index is 14.3. The van der Waals surface area contributed by atoms with Gasteiger partial charge < -0.3 is 46.6 Å². The van der Waals surface area contributed by atoms with Crippen LogP contribution in [0, 0.1) is 26.6 Å². The van der Waals surface area contributed by atoms with E-state index in [1.807, 2.05) is 106 Å². The maximum Gasteiger partial charge on any atom is 0.419 e. The summed E-state index contributed by atoms with van der Waals surface area (Å²) in [5, 5.41) is 42.2. The highest BCUT2D eigenvalue weighted by molar-refractivity contribution is 7.99. The van der Waals surface area contributed by atoms with Gasteiger partial charge in [-0.3, -0.25) is 29.7 Å². The van der Waals surface area contributed by atoms with E-state index in [-0.39, 0.29) is 24.7 Å². The van der Waals surface area contributed by atoms with Crippen LogP contribution in [0.4, 0.5) is 87.0 Å². The van der Waals surface area contributed by atoms with Crippen molar-refractivity contribution < 1.29 is 44.8 Å². The molecule has 3 saturated heterocycles. The van der Waals surface area contributed by atoms with Gasteiger partial charge in [0, 0.05) is 159 Å². The number of aromatic nitrogens is 12. The number of nitrogens with zero attached hydrogens (tertiary/aromatic N) is 12. The number of carbonyl (C=O) groups excluding carboxylic acids is 3. The number of alkyl halides is 3. The van der Waals surface area contributed by atoms with E-state index < -0.39 is 29.0 Å². The van der Waals surface area contributed by atoms with Gasteiger partial charge in [-0.05, 0) is 203 Å². The van der Waals surface area contributed by atoms with E-state index in [9.17, 15) is 31.9 Å². The highest BCUT2D eigenvalue weighted by atomic mass is 35.5. The fourth-order valence-electron chi connectivity index (χ4n) is 10.4. The molecule has 0 atom stereocenters. The Balaban J connectivity index is 0.000000350. The van der Waals surface area contributed by atoms with E-state index in [1.165, 1.54) is 35.3 Å². The van der Waals surface area contributed by atoms with Gasteiger partial charge in [0.15, 0.2) is 32.9 Å². The molecule has 0 unspecified atom stereocenters. The summed E-state index contributed by atoms with van der Waals surface area (Å²) in [7, 11) is 0. The van der Waals surface area contributed by atoms with Gasteiger partial charge in [-0.25, -0.2) is 34.3 Å².